The molecule has 0 saturated heterocycles. The quantitative estimate of drug-likeness (QED) is 0.0462. The Labute approximate surface area is 221 Å². The summed E-state index contributed by atoms with van der Waals surface area (Å²) in [6, 6.07) is 0. The van der Waals surface area contributed by atoms with Gasteiger partial charge in [-0.05, 0) is 12.8 Å². The molecule has 0 spiro atoms. The molecule has 0 atom stereocenters. The van der Waals surface area contributed by atoms with Crippen LogP contribution in [0.15, 0.2) is 0 Å². The first-order valence-electron chi connectivity index (χ1n) is 14.5. The molecule has 0 N–H and O–H groups in total. The molecule has 0 aliphatic rings. The Morgan fingerprint density at radius 3 is 0.806 bits per heavy atom. The number of nitrogens with zero attached hydrogens (tertiary/aromatic N) is 1. The molecule has 0 aromatic heterocycles. The number of halogens is 6. The van der Waals surface area contributed by atoms with Gasteiger partial charge in [0.2, 0.25) is 0 Å². The predicted octanol–water partition coefficient (Wildman–Crippen LogP) is 14.3. The van der Waals surface area contributed by atoms with E-state index in [9.17, 15) is 25.2 Å². The van der Waals surface area contributed by atoms with Crippen LogP contribution in [0.25, 0.3) is 0 Å². The molecule has 0 aromatic carbocycles. The van der Waals surface area contributed by atoms with Gasteiger partial charge in [0, 0.05) is 0 Å². The van der Waals surface area contributed by atoms with Gasteiger partial charge in [0.25, 0.3) is 0 Å². The van der Waals surface area contributed by atoms with Crippen molar-refractivity contribution in [2.24, 2.45) is 0 Å². The van der Waals surface area contributed by atoms with Crippen molar-refractivity contribution in [1.29, 1.82) is 0 Å². The van der Waals surface area contributed by atoms with Gasteiger partial charge in [-0.2, -0.15) is 0 Å². The third-order valence-corrected chi connectivity index (χ3v) is 7.89. The average molecular weight is 588 g/mol. The number of rotatable bonds is 24. The Morgan fingerprint density at radius 1 is 0.389 bits per heavy atom. The van der Waals surface area contributed by atoms with Crippen molar-refractivity contribution in [1.82, 2.24) is 4.17 Å². The third kappa shape index (κ3) is 55.0. The van der Waals surface area contributed by atoms with Crippen molar-refractivity contribution < 1.29 is 25.2 Å². The molecule has 0 amide bonds. The Bertz CT molecular complexity index is 493. The molecular formula is C26H54F6NP3. The van der Waals surface area contributed by atoms with Gasteiger partial charge in [0.15, 0.2) is 0 Å². The third-order valence-electron chi connectivity index (χ3n) is 5.85. The summed E-state index contributed by atoms with van der Waals surface area (Å²) >= 11 is 0. The molecular weight excluding hydrogens is 533 g/mol. The Kier molecular flexibility index (Phi) is 24.8. The minimum atomic E-state index is -10.7. The second kappa shape index (κ2) is 23.2. The average Bonchev–Trinajstić information content (AvgIpc) is 2.77. The number of hydrogen-bond acceptors (Lipinski definition) is 0. The fourth-order valence-corrected chi connectivity index (χ4v) is 5.63. The molecule has 0 rings (SSSR count). The Hall–Kier alpha value is 0.320. The molecule has 0 aromatic rings. The standard InChI is InChI=1S/C26H54NP2.F6P/c1-3-5-7-9-11-13-15-17-19-21-23-25-28-27-29-26-24-22-20-18-16-14-12-10-8-6-4-2;1-7(2,3,4,5)6/h3-26H2,1-2H3;/q+1;-1. The normalized spacial score (nSPS) is 13.7. The molecule has 0 unspecified atom stereocenters. The zero-order valence-electron chi connectivity index (χ0n) is 23.0. The maximum absolute atomic E-state index is 10.7. The van der Waals surface area contributed by atoms with E-state index >= 15 is 0 Å². The van der Waals surface area contributed by atoms with Crippen LogP contribution in [0.2, 0.25) is 0 Å². The SMILES string of the molecule is CCCCCCCCCCCCCP=[N+]=PCCCCCCCCCCCCC.F[P-](F)(F)(F)(F)F. The van der Waals surface area contributed by atoms with E-state index < -0.39 is 7.81 Å². The second-order valence-electron chi connectivity index (χ2n) is 9.85. The van der Waals surface area contributed by atoms with Gasteiger partial charge < -0.3 is 0 Å². The van der Waals surface area contributed by atoms with Crippen molar-refractivity contribution >= 4 is 24.6 Å². The maximum atomic E-state index is 9.87. The predicted molar refractivity (Wildman–Crippen MR) is 152 cm³/mol. The van der Waals surface area contributed by atoms with Crippen molar-refractivity contribution in [3.05, 3.63) is 0 Å². The summed E-state index contributed by atoms with van der Waals surface area (Å²) in [5, 5.41) is 0. The monoisotopic (exact) mass is 587 g/mol. The summed E-state index contributed by atoms with van der Waals surface area (Å²) in [7, 11) is -7.96. The van der Waals surface area contributed by atoms with Crippen LogP contribution in [-0.2, 0) is 0 Å². The van der Waals surface area contributed by atoms with E-state index in [1.165, 1.54) is 170 Å². The van der Waals surface area contributed by atoms with Crippen LogP contribution >= 0.6 is 24.6 Å². The van der Waals surface area contributed by atoms with Crippen molar-refractivity contribution in [3.63, 3.8) is 0 Å². The summed E-state index contributed by atoms with van der Waals surface area (Å²) in [5.74, 6) is 0. The molecule has 0 fully saturated rings. The minimum absolute atomic E-state index is 1.29. The summed E-state index contributed by atoms with van der Waals surface area (Å²) in [4.78, 5) is 0. The number of hydrogen-bond donors (Lipinski definition) is 0. The van der Waals surface area contributed by atoms with Gasteiger partial charge >= 0.3 is 49.7 Å². The first-order valence-corrected chi connectivity index (χ1v) is 18.6. The van der Waals surface area contributed by atoms with Crippen LogP contribution in [0.3, 0.4) is 0 Å². The van der Waals surface area contributed by atoms with Crippen LogP contribution in [0.5, 0.6) is 0 Å². The van der Waals surface area contributed by atoms with Crippen LogP contribution in [-0.4, -0.2) is 12.3 Å². The first-order chi connectivity index (χ1) is 16.9. The van der Waals surface area contributed by atoms with Crippen LogP contribution < -0.4 is 4.17 Å². The van der Waals surface area contributed by atoms with Crippen LogP contribution in [0, 0.1) is 0 Å². The van der Waals surface area contributed by atoms with E-state index in [2.05, 4.69) is 18.0 Å². The van der Waals surface area contributed by atoms with Gasteiger partial charge in [0.1, 0.15) is 0 Å². The van der Waals surface area contributed by atoms with Gasteiger partial charge in [-0.15, -0.1) is 0 Å². The second-order valence-corrected chi connectivity index (χ2v) is 13.9. The van der Waals surface area contributed by atoms with E-state index in [0.717, 1.165) is 0 Å². The van der Waals surface area contributed by atoms with E-state index in [-0.39, 0.29) is 0 Å². The summed E-state index contributed by atoms with van der Waals surface area (Å²) < 4.78 is 63.9. The fraction of sp³-hybridized carbons (Fsp3) is 1.00. The van der Waals surface area contributed by atoms with Gasteiger partial charge in [-0.3, -0.25) is 0 Å². The van der Waals surface area contributed by atoms with E-state index in [4.69, 9.17) is 0 Å². The molecule has 1 nitrogen and oxygen atoms in total. The Morgan fingerprint density at radius 2 is 0.583 bits per heavy atom. The van der Waals surface area contributed by atoms with Gasteiger partial charge in [0.05, 0.1) is 12.3 Å². The van der Waals surface area contributed by atoms with Crippen molar-refractivity contribution in [2.75, 3.05) is 12.3 Å². The molecule has 0 aliphatic heterocycles. The topological polar surface area (TPSA) is 14.1 Å². The van der Waals surface area contributed by atoms with Crippen molar-refractivity contribution in [2.45, 2.75) is 155 Å². The Balaban J connectivity index is 0. The molecule has 220 valence electrons. The zero-order chi connectivity index (χ0) is 27.5. The van der Waals surface area contributed by atoms with E-state index in [1.807, 2.05) is 0 Å². The van der Waals surface area contributed by atoms with Crippen molar-refractivity contribution in [3.8, 4) is 0 Å². The molecule has 0 aliphatic carbocycles. The van der Waals surface area contributed by atoms with Gasteiger partial charge in [-0.25, -0.2) is 0 Å². The van der Waals surface area contributed by atoms with Crippen LogP contribution in [0.1, 0.15) is 155 Å². The van der Waals surface area contributed by atoms with E-state index in [1.54, 1.807) is 0 Å². The molecule has 0 saturated carbocycles. The summed E-state index contributed by atoms with van der Waals surface area (Å²) in [6.07, 6.45) is 34.3. The molecule has 0 heterocycles. The fourth-order valence-electron chi connectivity index (χ4n) is 3.83. The first kappa shape index (κ1) is 38.5. The molecule has 0 bridgehead atoms. The zero-order valence-corrected chi connectivity index (χ0v) is 25.7. The van der Waals surface area contributed by atoms with Gasteiger partial charge in [-0.1, -0.05) is 146 Å². The molecule has 10 heteroatoms. The molecule has 0 radical (unpaired) electrons. The molecule has 36 heavy (non-hydrogen) atoms. The summed E-state index contributed by atoms with van der Waals surface area (Å²) in [6.45, 7) is 4.59. The van der Waals surface area contributed by atoms with E-state index in [0.29, 0.717) is 0 Å². The summed E-state index contributed by atoms with van der Waals surface area (Å²) in [5.41, 5.74) is 0. The van der Waals surface area contributed by atoms with Crippen LogP contribution in [0.4, 0.5) is 25.2 Å². The number of unbranched alkanes of at least 4 members (excludes halogenated alkanes) is 20.